The van der Waals surface area contributed by atoms with Gasteiger partial charge in [-0.2, -0.15) is 0 Å². The van der Waals surface area contributed by atoms with E-state index < -0.39 is 11.7 Å². The molecule has 0 saturated carbocycles. The van der Waals surface area contributed by atoms with Crippen molar-refractivity contribution in [3.63, 3.8) is 0 Å². The maximum Gasteiger partial charge on any atom is 0.233 e. The Kier molecular flexibility index (Phi) is 7.10. The fraction of sp³-hybridized carbons (Fsp3) is 0.423. The second-order valence-corrected chi connectivity index (χ2v) is 9.39. The number of ether oxygens (including phenoxy) is 3. The summed E-state index contributed by atoms with van der Waals surface area (Å²) in [5.41, 5.74) is 2.17. The zero-order valence-electron chi connectivity index (χ0n) is 20.0. The third kappa shape index (κ3) is 5.03. The number of halogens is 1. The van der Waals surface area contributed by atoms with E-state index in [4.69, 9.17) is 24.3 Å². The van der Waals surface area contributed by atoms with Gasteiger partial charge in [-0.1, -0.05) is 0 Å². The van der Waals surface area contributed by atoms with Gasteiger partial charge in [-0.15, -0.1) is 0 Å². The third-order valence-corrected chi connectivity index (χ3v) is 6.69. The average Bonchev–Trinajstić information content (AvgIpc) is 3.36. The number of aromatic nitrogens is 3. The number of aliphatic hydroxyl groups excluding tert-OH is 1. The first kappa shape index (κ1) is 24.5. The van der Waals surface area contributed by atoms with E-state index in [0.717, 1.165) is 16.8 Å². The summed E-state index contributed by atoms with van der Waals surface area (Å²) in [6.45, 7) is 3.03. The minimum atomic E-state index is -0.818. The van der Waals surface area contributed by atoms with Crippen molar-refractivity contribution in [1.82, 2.24) is 19.9 Å². The number of piperidine rings is 1. The van der Waals surface area contributed by atoms with Crippen LogP contribution in [0.25, 0.3) is 22.5 Å². The lowest BCUT2D eigenvalue weighted by molar-refractivity contribution is -0.234. The van der Waals surface area contributed by atoms with Crippen LogP contribution in [0.2, 0.25) is 0 Å². The Balaban J connectivity index is 1.31. The van der Waals surface area contributed by atoms with Crippen LogP contribution in [0.3, 0.4) is 0 Å². The van der Waals surface area contributed by atoms with E-state index in [1.165, 1.54) is 12.1 Å². The lowest BCUT2D eigenvalue weighted by atomic mass is 9.89. The highest BCUT2D eigenvalue weighted by Crippen LogP contribution is 2.36. The molecule has 1 aromatic carbocycles. The highest BCUT2D eigenvalue weighted by atomic mass is 19.1. The molecule has 10 heteroatoms. The molecule has 5 rings (SSSR count). The van der Waals surface area contributed by atoms with E-state index >= 15 is 0 Å². The Morgan fingerprint density at radius 1 is 1.14 bits per heavy atom. The molecule has 2 aromatic heterocycles. The molecule has 3 aromatic rings. The zero-order chi connectivity index (χ0) is 25.1. The average molecular weight is 497 g/mol. The van der Waals surface area contributed by atoms with Gasteiger partial charge in [0.25, 0.3) is 0 Å². The normalized spacial score (nSPS) is 23.1. The highest BCUT2D eigenvalue weighted by molar-refractivity contribution is 5.83. The van der Waals surface area contributed by atoms with Crippen molar-refractivity contribution in [2.45, 2.75) is 32.2 Å². The van der Waals surface area contributed by atoms with E-state index in [-0.39, 0.29) is 37.8 Å². The summed E-state index contributed by atoms with van der Waals surface area (Å²) in [5.74, 6) is 0.123. The Morgan fingerprint density at radius 3 is 2.44 bits per heavy atom. The number of hydrogen-bond acceptors (Lipinski definition) is 7. The predicted molar refractivity (Wildman–Crippen MR) is 128 cm³/mol. The topological polar surface area (TPSA) is 110 Å². The van der Waals surface area contributed by atoms with Crippen LogP contribution in [-0.4, -0.2) is 70.1 Å². The predicted octanol–water partition coefficient (Wildman–Crippen LogP) is 3.29. The molecule has 2 saturated heterocycles. The number of likely N-dealkylation sites (tertiary alicyclic amines) is 1. The number of carbonyl (C=O) groups excluding carboxylic acids is 1. The van der Waals surface area contributed by atoms with Gasteiger partial charge in [-0.3, -0.25) is 9.78 Å². The first-order chi connectivity index (χ1) is 17.5. The van der Waals surface area contributed by atoms with Crippen LogP contribution in [0.5, 0.6) is 0 Å². The van der Waals surface area contributed by atoms with Crippen molar-refractivity contribution in [2.24, 2.45) is 5.41 Å². The molecule has 190 valence electrons. The number of nitrogens with zero attached hydrogens (tertiary/aromatic N) is 3. The van der Waals surface area contributed by atoms with E-state index in [1.54, 1.807) is 24.5 Å². The Labute approximate surface area is 208 Å². The molecule has 2 N–H and O–H groups in total. The Morgan fingerprint density at radius 2 is 1.81 bits per heavy atom. The van der Waals surface area contributed by atoms with Crippen molar-refractivity contribution in [3.05, 3.63) is 60.4 Å². The van der Waals surface area contributed by atoms with E-state index in [2.05, 4.69) is 9.97 Å². The van der Waals surface area contributed by atoms with Crippen LogP contribution in [-0.2, 0) is 19.0 Å². The highest BCUT2D eigenvalue weighted by Gasteiger charge is 2.43. The molecule has 2 fully saturated rings. The molecule has 36 heavy (non-hydrogen) atoms. The van der Waals surface area contributed by atoms with Crippen molar-refractivity contribution in [3.8, 4) is 22.5 Å². The van der Waals surface area contributed by atoms with Crippen molar-refractivity contribution in [1.29, 1.82) is 0 Å². The maximum atomic E-state index is 13.5. The van der Waals surface area contributed by atoms with Crippen molar-refractivity contribution < 1.29 is 28.5 Å². The Hall–Kier alpha value is -3.18. The minimum Gasteiger partial charge on any atom is -0.371 e. The standard InChI is InChI=1S/C26H29FN4O5/c1-26(25(33)31-12-8-20(9-13-31)36-16-32)14-34-24(35-15-26)23-29-21(17-2-4-19(27)5-3-17)22(30-23)18-6-10-28-11-7-18/h2-7,10-11,20,24,32H,8-9,12-16H2,1H3,(H,29,30). The number of amides is 1. The summed E-state index contributed by atoms with van der Waals surface area (Å²) in [7, 11) is 0. The molecule has 0 atom stereocenters. The Bertz CT molecular complexity index is 1170. The lowest BCUT2D eigenvalue weighted by Crippen LogP contribution is -2.52. The van der Waals surface area contributed by atoms with Crippen LogP contribution in [0.1, 0.15) is 31.9 Å². The molecule has 2 aliphatic rings. The summed E-state index contributed by atoms with van der Waals surface area (Å²) in [6, 6.07) is 9.85. The third-order valence-electron chi connectivity index (χ3n) is 6.69. The van der Waals surface area contributed by atoms with Crippen molar-refractivity contribution in [2.75, 3.05) is 33.1 Å². The van der Waals surface area contributed by atoms with Crippen LogP contribution >= 0.6 is 0 Å². The number of benzene rings is 1. The molecule has 0 bridgehead atoms. The number of hydrogen-bond donors (Lipinski definition) is 2. The fourth-order valence-corrected chi connectivity index (χ4v) is 4.65. The second-order valence-electron chi connectivity index (χ2n) is 9.39. The van der Waals surface area contributed by atoms with Gasteiger partial charge < -0.3 is 29.2 Å². The number of carbonyl (C=O) groups is 1. The number of nitrogens with one attached hydrogen (secondary N) is 1. The van der Waals surface area contributed by atoms with Gasteiger partial charge >= 0.3 is 0 Å². The molecule has 2 aliphatic heterocycles. The van der Waals surface area contributed by atoms with Gasteiger partial charge in [0.05, 0.1) is 36.1 Å². The number of aromatic amines is 1. The van der Waals surface area contributed by atoms with Gasteiger partial charge in [-0.05, 0) is 56.2 Å². The lowest BCUT2D eigenvalue weighted by Gasteiger charge is -2.41. The molecule has 0 unspecified atom stereocenters. The van der Waals surface area contributed by atoms with Gasteiger partial charge in [0.15, 0.2) is 5.82 Å². The first-order valence-corrected chi connectivity index (χ1v) is 12.0. The molecule has 9 nitrogen and oxygen atoms in total. The monoisotopic (exact) mass is 496 g/mol. The summed E-state index contributed by atoms with van der Waals surface area (Å²) in [6.07, 6.45) is 3.94. The summed E-state index contributed by atoms with van der Waals surface area (Å²) in [5, 5.41) is 8.96. The molecular weight excluding hydrogens is 467 g/mol. The SMILES string of the molecule is CC1(C(=O)N2CCC(OCO)CC2)COC(c2nc(-c3ccc(F)cc3)c(-c3ccncc3)[nH]2)OC1. The molecule has 4 heterocycles. The van der Waals surface area contributed by atoms with Gasteiger partial charge in [0.1, 0.15) is 12.6 Å². The summed E-state index contributed by atoms with van der Waals surface area (Å²) >= 11 is 0. The first-order valence-electron chi connectivity index (χ1n) is 12.0. The van der Waals surface area contributed by atoms with Crippen LogP contribution < -0.4 is 0 Å². The zero-order valence-corrected chi connectivity index (χ0v) is 20.0. The fourth-order valence-electron chi connectivity index (χ4n) is 4.65. The molecular formula is C26H29FN4O5. The van der Waals surface area contributed by atoms with Gasteiger partial charge in [-0.25, -0.2) is 9.37 Å². The van der Waals surface area contributed by atoms with E-state index in [0.29, 0.717) is 37.4 Å². The smallest absolute Gasteiger partial charge is 0.233 e. The molecule has 0 aliphatic carbocycles. The van der Waals surface area contributed by atoms with E-state index in [1.807, 2.05) is 24.0 Å². The summed E-state index contributed by atoms with van der Waals surface area (Å²) < 4.78 is 30.8. The number of aliphatic hydroxyl groups is 1. The maximum absolute atomic E-state index is 13.5. The number of imidazole rings is 1. The minimum absolute atomic E-state index is 0.0210. The van der Waals surface area contributed by atoms with Gasteiger partial charge in [0.2, 0.25) is 12.2 Å². The summed E-state index contributed by atoms with van der Waals surface area (Å²) in [4.78, 5) is 27.2. The largest absolute Gasteiger partial charge is 0.371 e. The van der Waals surface area contributed by atoms with Crippen LogP contribution in [0.4, 0.5) is 4.39 Å². The van der Waals surface area contributed by atoms with Crippen molar-refractivity contribution >= 4 is 5.91 Å². The molecule has 0 radical (unpaired) electrons. The second kappa shape index (κ2) is 10.4. The van der Waals surface area contributed by atoms with Gasteiger partial charge in [0, 0.05) is 36.6 Å². The van der Waals surface area contributed by atoms with Crippen LogP contribution in [0.15, 0.2) is 48.8 Å². The number of rotatable bonds is 6. The number of pyridine rings is 1. The quantitative estimate of drug-likeness (QED) is 0.504. The van der Waals surface area contributed by atoms with E-state index in [9.17, 15) is 9.18 Å². The number of H-pyrrole nitrogens is 1. The molecule has 1 amide bonds. The van der Waals surface area contributed by atoms with Crippen LogP contribution in [0, 0.1) is 11.2 Å². The molecule has 0 spiro atoms.